The van der Waals surface area contributed by atoms with Crippen molar-refractivity contribution in [3.8, 4) is 0 Å². The van der Waals surface area contributed by atoms with Crippen LogP contribution in [0.2, 0.25) is 5.02 Å². The fraction of sp³-hybridized carbons (Fsp3) is 0.367. The number of fused-ring (bicyclic) bond motifs is 1. The molecule has 1 aliphatic heterocycles. The van der Waals surface area contributed by atoms with Crippen molar-refractivity contribution in [3.63, 3.8) is 0 Å². The molecule has 0 aromatic heterocycles. The van der Waals surface area contributed by atoms with E-state index in [9.17, 15) is 9.59 Å². The first-order valence-corrected chi connectivity index (χ1v) is 13.8. The number of nitrogens with one attached hydrogen (secondary N) is 2. The van der Waals surface area contributed by atoms with Crippen molar-refractivity contribution in [2.75, 3.05) is 26.2 Å². The van der Waals surface area contributed by atoms with Crippen molar-refractivity contribution in [3.05, 3.63) is 82.9 Å². The highest BCUT2D eigenvalue weighted by atomic mass is 35.5. The minimum absolute atomic E-state index is 0.00419. The molecule has 1 aliphatic rings. The van der Waals surface area contributed by atoms with Crippen LogP contribution in [-0.2, 0) is 4.79 Å². The Hall–Kier alpha value is -3.62. The maximum atomic E-state index is 13.6. The molecule has 9 heteroatoms. The van der Waals surface area contributed by atoms with E-state index in [4.69, 9.17) is 23.1 Å². The molecule has 3 aromatic carbocycles. The summed E-state index contributed by atoms with van der Waals surface area (Å²) in [4.78, 5) is 32.6. The molecule has 206 valence electrons. The van der Waals surface area contributed by atoms with Crippen LogP contribution in [0.25, 0.3) is 10.8 Å². The number of hydrogen-bond acceptors (Lipinski definition) is 4. The normalized spacial score (nSPS) is 18.4. The first kappa shape index (κ1) is 28.4. The zero-order valence-electron chi connectivity index (χ0n) is 22.3. The highest BCUT2D eigenvalue weighted by Crippen LogP contribution is 2.23. The van der Waals surface area contributed by atoms with Crippen LogP contribution >= 0.6 is 11.6 Å². The summed E-state index contributed by atoms with van der Waals surface area (Å²) in [5.74, 6) is 0.127. The first-order valence-electron chi connectivity index (χ1n) is 13.5. The fourth-order valence-electron chi connectivity index (χ4n) is 5.09. The smallest absolute Gasteiger partial charge is 0.251 e. The monoisotopic (exact) mass is 548 g/mol. The van der Waals surface area contributed by atoms with Crippen LogP contribution < -0.4 is 22.1 Å². The molecule has 3 aromatic rings. The lowest BCUT2D eigenvalue weighted by Crippen LogP contribution is -2.49. The van der Waals surface area contributed by atoms with Crippen LogP contribution in [0.5, 0.6) is 0 Å². The lowest BCUT2D eigenvalue weighted by atomic mass is 9.95. The largest absolute Gasteiger partial charge is 0.370 e. The Kier molecular flexibility index (Phi) is 9.79. The van der Waals surface area contributed by atoms with E-state index in [2.05, 4.69) is 34.7 Å². The molecule has 4 rings (SSSR count). The van der Waals surface area contributed by atoms with Gasteiger partial charge in [0.1, 0.15) is 0 Å². The van der Waals surface area contributed by atoms with Crippen LogP contribution in [0.15, 0.2) is 71.7 Å². The molecule has 0 radical (unpaired) electrons. The van der Waals surface area contributed by atoms with Crippen LogP contribution in [0.1, 0.15) is 48.0 Å². The van der Waals surface area contributed by atoms with Crippen molar-refractivity contribution in [1.29, 1.82) is 0 Å². The van der Waals surface area contributed by atoms with E-state index < -0.39 is 6.04 Å². The summed E-state index contributed by atoms with van der Waals surface area (Å²) in [7, 11) is 0. The van der Waals surface area contributed by atoms with E-state index >= 15 is 0 Å². The van der Waals surface area contributed by atoms with Crippen LogP contribution in [0, 0.1) is 0 Å². The van der Waals surface area contributed by atoms with Gasteiger partial charge in [-0.05, 0) is 59.9 Å². The van der Waals surface area contributed by atoms with Gasteiger partial charge in [0.05, 0.1) is 6.04 Å². The zero-order valence-corrected chi connectivity index (χ0v) is 23.0. The maximum Gasteiger partial charge on any atom is 0.251 e. The Morgan fingerprint density at radius 3 is 2.62 bits per heavy atom. The minimum atomic E-state index is -0.448. The van der Waals surface area contributed by atoms with E-state index in [-0.39, 0.29) is 29.7 Å². The average Bonchev–Trinajstić information content (AvgIpc) is 3.08. The molecule has 3 atom stereocenters. The molecule has 3 unspecified atom stereocenters. The molecule has 1 fully saturated rings. The van der Waals surface area contributed by atoms with Crippen molar-refractivity contribution in [2.24, 2.45) is 16.5 Å². The standard InChI is InChI=1S/C30H37ClN6O2/c1-2-20(21-6-4-3-5-7-21)19-37-15-13-26(36-27(29(37)39)12-14-34-30(32)33)18-35-28(38)24-9-8-23-17-25(31)11-10-22(23)16-24/h3-11,16-17,20,26-27,36H,2,12-15,18-19H2,1H3,(H,35,38)(H4,32,33,34). The predicted molar refractivity (Wildman–Crippen MR) is 158 cm³/mol. The molecule has 6 N–H and O–H groups in total. The number of rotatable bonds is 10. The Labute approximate surface area is 234 Å². The number of nitrogens with zero attached hydrogens (tertiary/aromatic N) is 2. The van der Waals surface area contributed by atoms with Crippen LogP contribution in [0.3, 0.4) is 0 Å². The number of amides is 2. The van der Waals surface area contributed by atoms with E-state index in [1.165, 1.54) is 5.56 Å². The number of guanidine groups is 1. The van der Waals surface area contributed by atoms with E-state index in [1.807, 2.05) is 53.4 Å². The van der Waals surface area contributed by atoms with Crippen LogP contribution in [0.4, 0.5) is 0 Å². The van der Waals surface area contributed by atoms with Crippen molar-refractivity contribution in [1.82, 2.24) is 15.5 Å². The Morgan fingerprint density at radius 1 is 1.13 bits per heavy atom. The number of aliphatic imine (C=N–C) groups is 1. The molecular formula is C30H37ClN6O2. The molecule has 1 saturated heterocycles. The van der Waals surface area contributed by atoms with Gasteiger partial charge in [0.15, 0.2) is 5.96 Å². The summed E-state index contributed by atoms with van der Waals surface area (Å²) in [5.41, 5.74) is 12.8. The van der Waals surface area contributed by atoms with Gasteiger partial charge in [-0.1, -0.05) is 61.0 Å². The molecule has 0 aliphatic carbocycles. The highest BCUT2D eigenvalue weighted by molar-refractivity contribution is 6.31. The fourth-order valence-corrected chi connectivity index (χ4v) is 5.27. The van der Waals surface area contributed by atoms with Crippen molar-refractivity contribution >= 4 is 40.1 Å². The van der Waals surface area contributed by atoms with E-state index in [0.717, 1.165) is 17.2 Å². The quantitative estimate of drug-likeness (QED) is 0.227. The molecule has 8 nitrogen and oxygen atoms in total. The van der Waals surface area contributed by atoms with Crippen molar-refractivity contribution in [2.45, 2.75) is 44.2 Å². The average molecular weight is 549 g/mol. The lowest BCUT2D eigenvalue weighted by molar-refractivity contribution is -0.133. The van der Waals surface area contributed by atoms with E-state index in [0.29, 0.717) is 49.6 Å². The summed E-state index contributed by atoms with van der Waals surface area (Å²) >= 11 is 6.08. The molecule has 0 saturated carbocycles. The summed E-state index contributed by atoms with van der Waals surface area (Å²) in [5, 5.41) is 9.11. The maximum absolute atomic E-state index is 13.6. The Morgan fingerprint density at radius 2 is 1.87 bits per heavy atom. The third-order valence-electron chi connectivity index (χ3n) is 7.28. The second-order valence-electron chi connectivity index (χ2n) is 10.0. The SMILES string of the molecule is CCC(CN1CCC(CNC(=O)c2ccc3cc(Cl)ccc3c2)NC(CCN=C(N)N)C1=O)c1ccccc1. The summed E-state index contributed by atoms with van der Waals surface area (Å²) in [6, 6.07) is 20.9. The minimum Gasteiger partial charge on any atom is -0.370 e. The molecule has 1 heterocycles. The van der Waals surface area contributed by atoms with Gasteiger partial charge in [-0.25, -0.2) is 0 Å². The van der Waals surface area contributed by atoms with Gasteiger partial charge in [0.2, 0.25) is 5.91 Å². The van der Waals surface area contributed by atoms with Crippen molar-refractivity contribution < 1.29 is 9.59 Å². The Bertz CT molecular complexity index is 1310. The molecule has 39 heavy (non-hydrogen) atoms. The molecule has 0 spiro atoms. The van der Waals surface area contributed by atoms with Gasteiger partial charge in [-0.15, -0.1) is 0 Å². The number of nitrogens with two attached hydrogens (primary N) is 2. The number of halogens is 1. The zero-order chi connectivity index (χ0) is 27.8. The highest BCUT2D eigenvalue weighted by Gasteiger charge is 2.32. The topological polar surface area (TPSA) is 126 Å². The number of carbonyl (C=O) groups excluding carboxylic acids is 2. The van der Waals surface area contributed by atoms with Gasteiger partial charge in [0, 0.05) is 48.7 Å². The number of hydrogen-bond donors (Lipinski definition) is 4. The first-order chi connectivity index (χ1) is 18.8. The van der Waals surface area contributed by atoms with Gasteiger partial charge in [-0.3, -0.25) is 14.6 Å². The Balaban J connectivity index is 1.44. The second kappa shape index (κ2) is 13.4. The lowest BCUT2D eigenvalue weighted by Gasteiger charge is -2.28. The molecule has 0 bridgehead atoms. The van der Waals surface area contributed by atoms with Crippen LogP contribution in [-0.4, -0.2) is 60.9 Å². The summed E-state index contributed by atoms with van der Waals surface area (Å²) in [6.07, 6.45) is 2.11. The summed E-state index contributed by atoms with van der Waals surface area (Å²) < 4.78 is 0. The predicted octanol–water partition coefficient (Wildman–Crippen LogP) is 3.64. The van der Waals surface area contributed by atoms with Gasteiger partial charge < -0.3 is 27.0 Å². The van der Waals surface area contributed by atoms with Gasteiger partial charge in [0.25, 0.3) is 5.91 Å². The van der Waals surface area contributed by atoms with E-state index in [1.54, 1.807) is 6.07 Å². The second-order valence-corrected chi connectivity index (χ2v) is 10.5. The summed E-state index contributed by atoms with van der Waals surface area (Å²) in [6.45, 7) is 4.13. The third-order valence-corrected chi connectivity index (χ3v) is 7.52. The van der Waals surface area contributed by atoms with Gasteiger partial charge >= 0.3 is 0 Å². The third kappa shape index (κ3) is 7.71. The number of carbonyl (C=O) groups is 2. The molecular weight excluding hydrogens is 512 g/mol. The number of benzene rings is 3. The molecule has 2 amide bonds. The van der Waals surface area contributed by atoms with Gasteiger partial charge in [-0.2, -0.15) is 0 Å².